The Bertz CT molecular complexity index is 1070. The molecule has 8 nitrogen and oxygen atoms in total. The molecule has 0 fully saturated rings. The fourth-order valence-electron chi connectivity index (χ4n) is 3.14. The van der Waals surface area contributed by atoms with Crippen LogP contribution in [0.4, 0.5) is 4.79 Å². The average Bonchev–Trinajstić information content (AvgIpc) is 3.18. The lowest BCUT2D eigenvalue weighted by Gasteiger charge is -2.15. The number of tetrazole rings is 1. The van der Waals surface area contributed by atoms with Crippen LogP contribution in [0.2, 0.25) is 5.02 Å². The second-order valence-corrected chi connectivity index (χ2v) is 8.10. The quantitative estimate of drug-likeness (QED) is 0.576. The molecule has 1 atom stereocenters. The van der Waals surface area contributed by atoms with Gasteiger partial charge in [-0.05, 0) is 53.6 Å². The van der Waals surface area contributed by atoms with Gasteiger partial charge in [0.1, 0.15) is 5.75 Å². The molecular weight excluding hydrogens is 418 g/mol. The first-order valence-corrected chi connectivity index (χ1v) is 10.3. The van der Waals surface area contributed by atoms with E-state index in [4.69, 9.17) is 21.1 Å². The van der Waals surface area contributed by atoms with Gasteiger partial charge in [-0.25, -0.2) is 4.79 Å². The number of methoxy groups -OCH3 is 1. The Kier molecular flexibility index (Phi) is 7.25. The van der Waals surface area contributed by atoms with E-state index in [1.165, 1.54) is 0 Å². The first-order valence-electron chi connectivity index (χ1n) is 9.96. The molecule has 9 heteroatoms. The lowest BCUT2D eigenvalue weighted by molar-refractivity contribution is 0.159. The van der Waals surface area contributed by atoms with E-state index < -0.39 is 6.09 Å². The third-order valence-electron chi connectivity index (χ3n) is 4.57. The maximum absolute atomic E-state index is 12.4. The number of hydrogen-bond donors (Lipinski definition) is 1. The molecule has 0 aliphatic carbocycles. The van der Waals surface area contributed by atoms with E-state index in [1.54, 1.807) is 23.9 Å². The molecule has 1 amide bonds. The summed E-state index contributed by atoms with van der Waals surface area (Å²) in [4.78, 5) is 12.4. The number of ether oxygens (including phenoxy) is 2. The number of nitrogens with zero attached hydrogens (tertiary/aromatic N) is 4. The lowest BCUT2D eigenvalue weighted by Crippen LogP contribution is -2.37. The van der Waals surface area contributed by atoms with Crippen LogP contribution in [0.1, 0.15) is 38.1 Å². The standard InChI is InChI=1S/C22H26ClN5O3/c1-13(2)21-25-26-27-28(21)17-9-16(19-7-6-14(3)8-20(19)23)10-18(11-17)31-22(29)24-15(4)12-30-5/h6-11,13,15H,12H2,1-5H3,(H,24,29)/t15-/m1/s1. The van der Waals surface area contributed by atoms with Gasteiger partial charge in [-0.2, -0.15) is 4.68 Å². The highest BCUT2D eigenvalue weighted by Crippen LogP contribution is 2.33. The number of carbonyl (C=O) groups is 1. The smallest absolute Gasteiger partial charge is 0.410 e. The predicted octanol–water partition coefficient (Wildman–Crippen LogP) is 4.54. The second-order valence-electron chi connectivity index (χ2n) is 7.69. The van der Waals surface area contributed by atoms with Crippen molar-refractivity contribution in [2.45, 2.75) is 39.7 Å². The molecule has 164 valence electrons. The van der Waals surface area contributed by atoms with Gasteiger partial charge in [0, 0.05) is 29.7 Å². The molecule has 0 saturated carbocycles. The summed E-state index contributed by atoms with van der Waals surface area (Å²) in [7, 11) is 1.57. The minimum atomic E-state index is -0.580. The monoisotopic (exact) mass is 443 g/mol. The summed E-state index contributed by atoms with van der Waals surface area (Å²) >= 11 is 6.50. The maximum Gasteiger partial charge on any atom is 0.412 e. The first-order chi connectivity index (χ1) is 14.8. The van der Waals surface area contributed by atoms with Gasteiger partial charge in [-0.15, -0.1) is 5.10 Å². The molecule has 0 radical (unpaired) electrons. The lowest BCUT2D eigenvalue weighted by atomic mass is 10.0. The number of halogens is 1. The van der Waals surface area contributed by atoms with Gasteiger partial charge < -0.3 is 14.8 Å². The molecule has 1 heterocycles. The highest BCUT2D eigenvalue weighted by Gasteiger charge is 2.17. The summed E-state index contributed by atoms with van der Waals surface area (Å²) in [6, 6.07) is 11.0. The Labute approximate surface area is 186 Å². The molecule has 0 aliphatic heterocycles. The topological polar surface area (TPSA) is 91.2 Å². The zero-order valence-electron chi connectivity index (χ0n) is 18.2. The van der Waals surface area contributed by atoms with Crippen LogP contribution in [0.25, 0.3) is 16.8 Å². The molecule has 2 aromatic carbocycles. The summed E-state index contributed by atoms with van der Waals surface area (Å²) in [5, 5.41) is 15.4. The van der Waals surface area contributed by atoms with Gasteiger partial charge in [-0.3, -0.25) is 0 Å². The molecule has 1 aromatic heterocycles. The number of amides is 1. The second kappa shape index (κ2) is 9.89. The Morgan fingerprint density at radius 2 is 1.97 bits per heavy atom. The number of aryl methyl sites for hydroxylation is 1. The highest BCUT2D eigenvalue weighted by molar-refractivity contribution is 6.33. The van der Waals surface area contributed by atoms with Gasteiger partial charge in [-0.1, -0.05) is 37.6 Å². The van der Waals surface area contributed by atoms with Crippen LogP contribution in [0.3, 0.4) is 0 Å². The molecule has 0 saturated heterocycles. The Morgan fingerprint density at radius 3 is 2.65 bits per heavy atom. The predicted molar refractivity (Wildman–Crippen MR) is 119 cm³/mol. The molecule has 0 aliphatic rings. The molecule has 0 bridgehead atoms. The SMILES string of the molecule is COC[C@@H](C)NC(=O)Oc1cc(-c2ccc(C)cc2Cl)cc(-n2nnnc2C(C)C)c1. The van der Waals surface area contributed by atoms with Gasteiger partial charge in [0.2, 0.25) is 0 Å². The molecular formula is C22H26ClN5O3. The van der Waals surface area contributed by atoms with Crippen LogP contribution >= 0.6 is 11.6 Å². The van der Waals surface area contributed by atoms with Crippen molar-refractivity contribution in [3.63, 3.8) is 0 Å². The van der Waals surface area contributed by atoms with Gasteiger partial charge in [0.15, 0.2) is 5.82 Å². The Hall–Kier alpha value is -2.97. The molecule has 0 spiro atoms. The van der Waals surface area contributed by atoms with E-state index in [0.29, 0.717) is 28.9 Å². The zero-order valence-corrected chi connectivity index (χ0v) is 19.0. The van der Waals surface area contributed by atoms with E-state index in [0.717, 1.165) is 16.7 Å². The van der Waals surface area contributed by atoms with Gasteiger partial charge in [0.25, 0.3) is 0 Å². The van der Waals surface area contributed by atoms with Crippen molar-refractivity contribution in [1.82, 2.24) is 25.5 Å². The highest BCUT2D eigenvalue weighted by atomic mass is 35.5. The van der Waals surface area contributed by atoms with Crippen LogP contribution in [-0.2, 0) is 4.74 Å². The van der Waals surface area contributed by atoms with Gasteiger partial charge in [0.05, 0.1) is 18.3 Å². The van der Waals surface area contributed by atoms with Crippen LogP contribution in [-0.4, -0.2) is 46.1 Å². The molecule has 3 aromatic rings. The summed E-state index contributed by atoms with van der Waals surface area (Å²) in [6.07, 6.45) is -0.580. The number of aromatic nitrogens is 4. The van der Waals surface area contributed by atoms with Crippen molar-refractivity contribution in [3.8, 4) is 22.6 Å². The van der Waals surface area contributed by atoms with Crippen LogP contribution in [0, 0.1) is 6.92 Å². The third kappa shape index (κ3) is 5.59. The summed E-state index contributed by atoms with van der Waals surface area (Å²) in [5.41, 5.74) is 3.30. The largest absolute Gasteiger partial charge is 0.412 e. The van der Waals surface area contributed by atoms with Crippen molar-refractivity contribution in [3.05, 3.63) is 52.8 Å². The number of rotatable bonds is 7. The summed E-state index contributed by atoms with van der Waals surface area (Å²) < 4.78 is 12.2. The van der Waals surface area contributed by atoms with E-state index in [2.05, 4.69) is 20.8 Å². The number of benzene rings is 2. The molecule has 31 heavy (non-hydrogen) atoms. The maximum atomic E-state index is 12.4. The van der Waals surface area contributed by atoms with Gasteiger partial charge >= 0.3 is 6.09 Å². The molecule has 1 N–H and O–H groups in total. The van der Waals surface area contributed by atoms with E-state index in [-0.39, 0.29) is 12.0 Å². The van der Waals surface area contributed by atoms with Crippen molar-refractivity contribution in [1.29, 1.82) is 0 Å². The van der Waals surface area contributed by atoms with Crippen LogP contribution in [0.5, 0.6) is 5.75 Å². The Morgan fingerprint density at radius 1 is 1.19 bits per heavy atom. The number of nitrogens with one attached hydrogen (secondary N) is 1. The van der Waals surface area contributed by atoms with E-state index >= 15 is 0 Å². The normalized spacial score (nSPS) is 12.1. The van der Waals surface area contributed by atoms with Crippen molar-refractivity contribution >= 4 is 17.7 Å². The molecule has 3 rings (SSSR count). The van der Waals surface area contributed by atoms with E-state index in [9.17, 15) is 4.79 Å². The minimum absolute atomic E-state index is 0.101. The third-order valence-corrected chi connectivity index (χ3v) is 4.89. The average molecular weight is 444 g/mol. The first kappa shape index (κ1) is 22.7. The Balaban J connectivity index is 2.04. The summed E-state index contributed by atoms with van der Waals surface area (Å²) in [5.74, 6) is 1.14. The van der Waals surface area contributed by atoms with E-state index in [1.807, 2.05) is 52.0 Å². The summed E-state index contributed by atoms with van der Waals surface area (Å²) in [6.45, 7) is 8.19. The van der Waals surface area contributed by atoms with Crippen molar-refractivity contribution in [2.75, 3.05) is 13.7 Å². The number of hydrogen-bond acceptors (Lipinski definition) is 6. The van der Waals surface area contributed by atoms with Crippen LogP contribution in [0.15, 0.2) is 36.4 Å². The molecule has 0 unspecified atom stereocenters. The fourth-order valence-corrected chi connectivity index (χ4v) is 3.49. The van der Waals surface area contributed by atoms with Crippen LogP contribution < -0.4 is 10.1 Å². The zero-order chi connectivity index (χ0) is 22.5. The minimum Gasteiger partial charge on any atom is -0.410 e. The van der Waals surface area contributed by atoms with Crippen molar-refractivity contribution < 1.29 is 14.3 Å². The number of carbonyl (C=O) groups excluding carboxylic acids is 1. The van der Waals surface area contributed by atoms with Crippen molar-refractivity contribution in [2.24, 2.45) is 0 Å². The fraction of sp³-hybridized carbons (Fsp3) is 0.364.